The second kappa shape index (κ2) is 5.91. The topological polar surface area (TPSA) is 51.2 Å². The molecule has 0 aliphatic rings. The number of benzene rings is 2. The van der Waals surface area contributed by atoms with Crippen molar-refractivity contribution in [2.24, 2.45) is 0 Å². The van der Waals surface area contributed by atoms with E-state index in [-0.39, 0.29) is 9.92 Å². The Morgan fingerprint density at radius 1 is 1.10 bits per heavy atom. The van der Waals surface area contributed by atoms with Gasteiger partial charge in [-0.15, -0.1) is 0 Å². The maximum absolute atomic E-state index is 13.5. The number of ketones is 1. The number of rotatable bonds is 4. The van der Waals surface area contributed by atoms with Crippen molar-refractivity contribution >= 4 is 27.2 Å². The van der Waals surface area contributed by atoms with Crippen LogP contribution in [0.4, 0.5) is 8.78 Å². The molecule has 0 radical (unpaired) electrons. The first-order valence-corrected chi connectivity index (χ1v) is 7.80. The molecule has 0 saturated heterocycles. The molecule has 0 fully saturated rings. The molecule has 7 heteroatoms. The first-order chi connectivity index (χ1) is 9.81. The Bertz CT molecular complexity index is 804. The maximum Gasteiger partial charge on any atom is 0.187 e. The summed E-state index contributed by atoms with van der Waals surface area (Å²) >= 11 is 5.77. The molecule has 0 atom stereocenters. The third-order valence-corrected chi connectivity index (χ3v) is 4.83. The Morgan fingerprint density at radius 3 is 2.43 bits per heavy atom. The molecule has 0 N–H and O–H groups in total. The molecular formula is C14H9ClF2O3S. The molecule has 2 aromatic rings. The van der Waals surface area contributed by atoms with Gasteiger partial charge in [0.25, 0.3) is 0 Å². The van der Waals surface area contributed by atoms with Crippen LogP contribution in [0.1, 0.15) is 10.4 Å². The molecule has 0 amide bonds. The lowest BCUT2D eigenvalue weighted by Gasteiger charge is -2.06. The van der Waals surface area contributed by atoms with Gasteiger partial charge < -0.3 is 0 Å². The molecule has 0 bridgehead atoms. The van der Waals surface area contributed by atoms with Crippen molar-refractivity contribution in [1.82, 2.24) is 0 Å². The van der Waals surface area contributed by atoms with E-state index in [2.05, 4.69) is 0 Å². The number of carbonyl (C=O) groups excluding carboxylic acids is 1. The van der Waals surface area contributed by atoms with Crippen LogP contribution in [0.5, 0.6) is 0 Å². The van der Waals surface area contributed by atoms with E-state index in [1.807, 2.05) is 0 Å². The average Bonchev–Trinajstić information content (AvgIpc) is 2.41. The van der Waals surface area contributed by atoms with Crippen LogP contribution in [0, 0.1) is 11.6 Å². The van der Waals surface area contributed by atoms with Gasteiger partial charge in [0.15, 0.2) is 15.6 Å². The van der Waals surface area contributed by atoms with Crippen LogP contribution in [0.2, 0.25) is 5.02 Å². The highest BCUT2D eigenvalue weighted by Crippen LogP contribution is 2.23. The van der Waals surface area contributed by atoms with Crippen molar-refractivity contribution < 1.29 is 22.0 Å². The molecule has 0 spiro atoms. The summed E-state index contributed by atoms with van der Waals surface area (Å²) in [4.78, 5) is 11.7. The molecule has 2 aromatic carbocycles. The van der Waals surface area contributed by atoms with Crippen LogP contribution >= 0.6 is 11.6 Å². The van der Waals surface area contributed by atoms with Gasteiger partial charge in [-0.25, -0.2) is 17.2 Å². The molecule has 0 heterocycles. The zero-order valence-corrected chi connectivity index (χ0v) is 12.1. The van der Waals surface area contributed by atoms with E-state index in [1.54, 1.807) is 0 Å². The smallest absolute Gasteiger partial charge is 0.187 e. The highest BCUT2D eigenvalue weighted by molar-refractivity contribution is 7.92. The van der Waals surface area contributed by atoms with E-state index in [9.17, 15) is 22.0 Å². The third-order valence-electron chi connectivity index (χ3n) is 2.72. The summed E-state index contributed by atoms with van der Waals surface area (Å²) in [6.07, 6.45) is 0. The van der Waals surface area contributed by atoms with E-state index in [1.165, 1.54) is 24.3 Å². The predicted octanol–water partition coefficient (Wildman–Crippen LogP) is 3.27. The molecule has 110 valence electrons. The average molecular weight is 331 g/mol. The molecule has 0 saturated carbocycles. The van der Waals surface area contributed by atoms with Crippen molar-refractivity contribution in [3.8, 4) is 0 Å². The molecular weight excluding hydrogens is 322 g/mol. The Labute approximate surface area is 125 Å². The van der Waals surface area contributed by atoms with Gasteiger partial charge in [-0.1, -0.05) is 23.7 Å². The minimum absolute atomic E-state index is 0.0370. The molecule has 0 aromatic heterocycles. The van der Waals surface area contributed by atoms with E-state index in [0.29, 0.717) is 6.07 Å². The lowest BCUT2D eigenvalue weighted by molar-refractivity contribution is 0.101. The third kappa shape index (κ3) is 3.46. The number of sulfone groups is 1. The quantitative estimate of drug-likeness (QED) is 0.808. The maximum atomic E-state index is 13.5. The Morgan fingerprint density at radius 2 is 1.76 bits per heavy atom. The summed E-state index contributed by atoms with van der Waals surface area (Å²) in [6, 6.07) is 7.87. The molecule has 3 nitrogen and oxygen atoms in total. The SMILES string of the molecule is O=C(CS(=O)(=O)c1ccccc1Cl)c1cc(F)ccc1F. The zero-order chi connectivity index (χ0) is 15.6. The lowest BCUT2D eigenvalue weighted by atomic mass is 10.1. The largest absolute Gasteiger partial charge is 0.293 e. The Balaban J connectivity index is 2.35. The van der Waals surface area contributed by atoms with Crippen molar-refractivity contribution in [2.75, 3.05) is 5.75 Å². The molecule has 0 unspecified atom stereocenters. The van der Waals surface area contributed by atoms with Crippen molar-refractivity contribution in [2.45, 2.75) is 4.90 Å². The van der Waals surface area contributed by atoms with Crippen LogP contribution in [-0.4, -0.2) is 20.0 Å². The summed E-state index contributed by atoms with van der Waals surface area (Å²) < 4.78 is 50.7. The fourth-order valence-electron chi connectivity index (χ4n) is 1.74. The fraction of sp³-hybridized carbons (Fsp3) is 0.0714. The predicted molar refractivity (Wildman–Crippen MR) is 74.2 cm³/mol. The van der Waals surface area contributed by atoms with Crippen molar-refractivity contribution in [1.29, 1.82) is 0 Å². The summed E-state index contributed by atoms with van der Waals surface area (Å²) in [7, 11) is -4.04. The number of Topliss-reactive ketones (excluding diaryl/α,β-unsaturated/α-hetero) is 1. The summed E-state index contributed by atoms with van der Waals surface area (Å²) in [6.45, 7) is 0. The number of hydrogen-bond acceptors (Lipinski definition) is 3. The Hall–Kier alpha value is -1.79. The summed E-state index contributed by atoms with van der Waals surface area (Å²) in [5, 5.41) is -0.0370. The van der Waals surface area contributed by atoms with Gasteiger partial charge in [0, 0.05) is 0 Å². The van der Waals surface area contributed by atoms with Crippen LogP contribution in [0.15, 0.2) is 47.4 Å². The number of halogens is 3. The monoisotopic (exact) mass is 330 g/mol. The fourth-order valence-corrected chi connectivity index (χ4v) is 3.53. The Kier molecular flexibility index (Phi) is 4.39. The van der Waals surface area contributed by atoms with E-state index < -0.39 is 38.6 Å². The van der Waals surface area contributed by atoms with Gasteiger partial charge in [-0.2, -0.15) is 0 Å². The van der Waals surface area contributed by atoms with Crippen molar-refractivity contribution in [3.63, 3.8) is 0 Å². The standard InChI is InChI=1S/C14H9ClF2O3S/c15-11-3-1-2-4-14(11)21(19,20)8-13(18)10-7-9(16)5-6-12(10)17/h1-7H,8H2. The lowest BCUT2D eigenvalue weighted by Crippen LogP contribution is -2.18. The van der Waals surface area contributed by atoms with E-state index in [0.717, 1.165) is 12.1 Å². The van der Waals surface area contributed by atoms with Crippen LogP contribution in [-0.2, 0) is 9.84 Å². The zero-order valence-electron chi connectivity index (χ0n) is 10.5. The molecule has 2 rings (SSSR count). The first kappa shape index (κ1) is 15.6. The summed E-state index contributed by atoms with van der Waals surface area (Å²) in [5.74, 6) is -3.82. The number of hydrogen-bond donors (Lipinski definition) is 0. The summed E-state index contributed by atoms with van der Waals surface area (Å²) in [5.41, 5.74) is -0.606. The van der Waals surface area contributed by atoms with Gasteiger partial charge in [0.05, 0.1) is 15.5 Å². The minimum Gasteiger partial charge on any atom is -0.293 e. The highest BCUT2D eigenvalue weighted by Gasteiger charge is 2.24. The molecule has 21 heavy (non-hydrogen) atoms. The number of carbonyl (C=O) groups is 1. The van der Waals surface area contributed by atoms with E-state index in [4.69, 9.17) is 11.6 Å². The van der Waals surface area contributed by atoms with Gasteiger partial charge in [0.1, 0.15) is 17.4 Å². The highest BCUT2D eigenvalue weighted by atomic mass is 35.5. The van der Waals surface area contributed by atoms with Crippen LogP contribution in [0.25, 0.3) is 0 Å². The van der Waals surface area contributed by atoms with E-state index >= 15 is 0 Å². The molecule has 0 aliphatic carbocycles. The van der Waals surface area contributed by atoms with Crippen LogP contribution < -0.4 is 0 Å². The van der Waals surface area contributed by atoms with Crippen LogP contribution in [0.3, 0.4) is 0 Å². The van der Waals surface area contributed by atoms with Gasteiger partial charge in [0.2, 0.25) is 0 Å². The normalized spacial score (nSPS) is 11.4. The van der Waals surface area contributed by atoms with Gasteiger partial charge in [-0.3, -0.25) is 4.79 Å². The van der Waals surface area contributed by atoms with Gasteiger partial charge in [-0.05, 0) is 30.3 Å². The second-order valence-corrected chi connectivity index (χ2v) is 6.60. The first-order valence-electron chi connectivity index (χ1n) is 5.77. The van der Waals surface area contributed by atoms with Crippen molar-refractivity contribution in [3.05, 3.63) is 64.7 Å². The van der Waals surface area contributed by atoms with Gasteiger partial charge >= 0.3 is 0 Å². The minimum atomic E-state index is -4.04. The second-order valence-electron chi connectivity index (χ2n) is 4.24. The molecule has 0 aliphatic heterocycles.